The molecule has 3 aromatic rings. The molecule has 0 saturated heterocycles. The Morgan fingerprint density at radius 1 is 1.28 bits per heavy atom. The molecule has 0 spiro atoms. The third-order valence-corrected chi connectivity index (χ3v) is 5.56. The van der Waals surface area contributed by atoms with Crippen molar-refractivity contribution in [1.82, 2.24) is 19.3 Å². The molecule has 0 amide bonds. The highest BCUT2D eigenvalue weighted by Crippen LogP contribution is 2.48. The lowest BCUT2D eigenvalue weighted by molar-refractivity contribution is 0.347. The highest BCUT2D eigenvalue weighted by Gasteiger charge is 2.39. The summed E-state index contributed by atoms with van der Waals surface area (Å²) in [5.41, 5.74) is 10.6. The zero-order valence-electron chi connectivity index (χ0n) is 16.2. The van der Waals surface area contributed by atoms with Crippen LogP contribution >= 0.6 is 0 Å². The molecule has 0 radical (unpaired) electrons. The van der Waals surface area contributed by atoms with Gasteiger partial charge < -0.3 is 15.0 Å². The SMILES string of the molecule is CCCc1nn(C2CC2)c2c1C(c1ccc(-n3ccnc3)cc1)C(C#N)=C(N)O2. The molecule has 29 heavy (non-hydrogen) atoms. The van der Waals surface area contributed by atoms with Crippen LogP contribution in [0.5, 0.6) is 5.88 Å². The van der Waals surface area contributed by atoms with Gasteiger partial charge in [-0.2, -0.15) is 10.4 Å². The summed E-state index contributed by atoms with van der Waals surface area (Å²) in [7, 11) is 0. The first-order valence-electron chi connectivity index (χ1n) is 9.98. The standard InChI is InChI=1S/C22H22N6O/c1-2-3-18-20-19(14-4-6-15(7-5-14)27-11-10-25-13-27)17(12-23)21(24)29-22(20)28(26-18)16-8-9-16/h4-7,10-11,13,16,19H,2-3,8-9,24H2,1H3. The molecule has 5 rings (SSSR count). The molecule has 1 unspecified atom stereocenters. The van der Waals surface area contributed by atoms with Gasteiger partial charge in [0.15, 0.2) is 0 Å². The second-order valence-corrected chi connectivity index (χ2v) is 7.58. The van der Waals surface area contributed by atoms with E-state index in [1.807, 2.05) is 39.7 Å². The van der Waals surface area contributed by atoms with E-state index in [4.69, 9.17) is 15.6 Å². The lowest BCUT2D eigenvalue weighted by atomic mass is 9.83. The van der Waals surface area contributed by atoms with Crippen molar-refractivity contribution in [3.8, 4) is 17.6 Å². The Bertz CT molecular complexity index is 1110. The lowest BCUT2D eigenvalue weighted by Crippen LogP contribution is -2.22. The van der Waals surface area contributed by atoms with Crippen LogP contribution in [0, 0.1) is 11.3 Å². The fraction of sp³-hybridized carbons (Fsp3) is 0.318. The number of aryl methyl sites for hydroxylation is 1. The molecule has 0 bridgehead atoms. The Hall–Kier alpha value is -3.53. The van der Waals surface area contributed by atoms with Gasteiger partial charge in [0.2, 0.25) is 11.8 Å². The normalized spacial score (nSPS) is 18.3. The van der Waals surface area contributed by atoms with Crippen molar-refractivity contribution in [3.63, 3.8) is 0 Å². The largest absolute Gasteiger partial charge is 0.422 e. The summed E-state index contributed by atoms with van der Waals surface area (Å²) < 4.78 is 9.88. The van der Waals surface area contributed by atoms with Crippen LogP contribution in [-0.4, -0.2) is 19.3 Å². The number of hydrogen-bond acceptors (Lipinski definition) is 5. The van der Waals surface area contributed by atoms with Gasteiger partial charge in [-0.25, -0.2) is 9.67 Å². The molecule has 1 saturated carbocycles. The zero-order chi connectivity index (χ0) is 20.0. The number of allylic oxidation sites excluding steroid dienone is 1. The topological polar surface area (TPSA) is 94.7 Å². The van der Waals surface area contributed by atoms with Gasteiger partial charge in [0.25, 0.3) is 0 Å². The number of imidazole rings is 1. The van der Waals surface area contributed by atoms with Crippen LogP contribution in [0.1, 0.15) is 55.0 Å². The van der Waals surface area contributed by atoms with Gasteiger partial charge in [0.05, 0.1) is 29.5 Å². The molecule has 1 aliphatic carbocycles. The molecular weight excluding hydrogens is 364 g/mol. The summed E-state index contributed by atoms with van der Waals surface area (Å²) >= 11 is 0. The number of nitrogens with two attached hydrogens (primary N) is 1. The minimum Gasteiger partial charge on any atom is -0.422 e. The van der Waals surface area contributed by atoms with Crippen molar-refractivity contribution in [2.45, 2.75) is 44.6 Å². The van der Waals surface area contributed by atoms with Crippen molar-refractivity contribution < 1.29 is 4.74 Å². The maximum absolute atomic E-state index is 9.87. The molecule has 2 aliphatic rings. The number of fused-ring (bicyclic) bond motifs is 1. The Kier molecular flexibility index (Phi) is 4.13. The number of benzene rings is 1. The van der Waals surface area contributed by atoms with Crippen LogP contribution in [0.15, 0.2) is 54.4 Å². The fourth-order valence-corrected chi connectivity index (χ4v) is 4.01. The number of ether oxygens (including phenoxy) is 1. The predicted molar refractivity (Wildman–Crippen MR) is 107 cm³/mol. The Morgan fingerprint density at radius 2 is 2.07 bits per heavy atom. The molecule has 1 aromatic carbocycles. The van der Waals surface area contributed by atoms with Gasteiger partial charge in [-0.15, -0.1) is 0 Å². The van der Waals surface area contributed by atoms with Crippen LogP contribution in [-0.2, 0) is 6.42 Å². The van der Waals surface area contributed by atoms with Gasteiger partial charge >= 0.3 is 0 Å². The van der Waals surface area contributed by atoms with Crippen molar-refractivity contribution in [3.05, 3.63) is 71.3 Å². The molecule has 7 heteroatoms. The van der Waals surface area contributed by atoms with Gasteiger partial charge in [-0.3, -0.25) is 0 Å². The molecule has 146 valence electrons. The number of hydrogen-bond donors (Lipinski definition) is 1. The maximum atomic E-state index is 9.87. The zero-order valence-corrected chi connectivity index (χ0v) is 16.2. The van der Waals surface area contributed by atoms with E-state index in [1.165, 1.54) is 0 Å². The molecular formula is C22H22N6O. The first kappa shape index (κ1) is 17.6. The van der Waals surface area contributed by atoms with Crippen molar-refractivity contribution in [1.29, 1.82) is 5.26 Å². The highest BCUT2D eigenvalue weighted by atomic mass is 16.5. The molecule has 1 fully saturated rings. The van der Waals surface area contributed by atoms with Crippen LogP contribution in [0.4, 0.5) is 0 Å². The average Bonchev–Trinajstić information content (AvgIpc) is 3.30. The highest BCUT2D eigenvalue weighted by molar-refractivity contribution is 5.56. The Labute approximate surface area is 169 Å². The maximum Gasteiger partial charge on any atom is 0.224 e. The smallest absolute Gasteiger partial charge is 0.224 e. The molecule has 3 heterocycles. The number of nitriles is 1. The summed E-state index contributed by atoms with van der Waals surface area (Å²) in [5.74, 6) is 0.610. The van der Waals surface area contributed by atoms with Gasteiger partial charge in [-0.1, -0.05) is 25.5 Å². The molecule has 2 N–H and O–H groups in total. The quantitative estimate of drug-likeness (QED) is 0.723. The van der Waals surface area contributed by atoms with Crippen LogP contribution in [0.25, 0.3) is 5.69 Å². The van der Waals surface area contributed by atoms with E-state index in [-0.39, 0.29) is 11.8 Å². The van der Waals surface area contributed by atoms with E-state index >= 15 is 0 Å². The number of aromatic nitrogens is 4. The first-order valence-corrected chi connectivity index (χ1v) is 9.98. The number of nitrogens with zero attached hydrogens (tertiary/aromatic N) is 5. The molecule has 7 nitrogen and oxygen atoms in total. The third-order valence-electron chi connectivity index (χ3n) is 5.56. The average molecular weight is 386 g/mol. The van der Waals surface area contributed by atoms with Gasteiger partial charge in [0, 0.05) is 18.1 Å². The fourth-order valence-electron chi connectivity index (χ4n) is 4.01. The second-order valence-electron chi connectivity index (χ2n) is 7.58. The first-order chi connectivity index (χ1) is 14.2. The van der Waals surface area contributed by atoms with Crippen LogP contribution in [0.3, 0.4) is 0 Å². The van der Waals surface area contributed by atoms with Crippen molar-refractivity contribution >= 4 is 0 Å². The summed E-state index contributed by atoms with van der Waals surface area (Å²) in [6, 6.07) is 10.8. The van der Waals surface area contributed by atoms with E-state index < -0.39 is 0 Å². The van der Waals surface area contributed by atoms with Crippen molar-refractivity contribution in [2.75, 3.05) is 0 Å². The van der Waals surface area contributed by atoms with Gasteiger partial charge in [0.1, 0.15) is 11.6 Å². The summed E-state index contributed by atoms with van der Waals surface area (Å²) in [5, 5.41) is 14.7. The second kappa shape index (κ2) is 6.82. The third kappa shape index (κ3) is 2.88. The minimum absolute atomic E-state index is 0.175. The monoisotopic (exact) mass is 386 g/mol. The Balaban J connectivity index is 1.64. The lowest BCUT2D eigenvalue weighted by Gasteiger charge is -2.25. The van der Waals surface area contributed by atoms with E-state index in [1.54, 1.807) is 12.5 Å². The van der Waals surface area contributed by atoms with E-state index in [2.05, 4.69) is 18.0 Å². The Morgan fingerprint density at radius 3 is 2.69 bits per heavy atom. The summed E-state index contributed by atoms with van der Waals surface area (Å²) in [6.45, 7) is 2.14. The minimum atomic E-state index is -0.269. The summed E-state index contributed by atoms with van der Waals surface area (Å²) in [6.07, 6.45) is 9.43. The molecule has 2 aromatic heterocycles. The van der Waals surface area contributed by atoms with Gasteiger partial charge in [-0.05, 0) is 37.0 Å². The van der Waals surface area contributed by atoms with Crippen LogP contribution in [0.2, 0.25) is 0 Å². The molecule has 1 atom stereocenters. The number of rotatable bonds is 5. The van der Waals surface area contributed by atoms with E-state index in [9.17, 15) is 5.26 Å². The van der Waals surface area contributed by atoms with E-state index in [0.717, 1.165) is 48.2 Å². The van der Waals surface area contributed by atoms with E-state index in [0.29, 0.717) is 17.5 Å². The predicted octanol–water partition coefficient (Wildman–Crippen LogP) is 3.57. The molecule has 1 aliphatic heterocycles. The van der Waals surface area contributed by atoms with Crippen molar-refractivity contribution in [2.24, 2.45) is 5.73 Å². The summed E-state index contributed by atoms with van der Waals surface area (Å²) in [4.78, 5) is 4.10. The van der Waals surface area contributed by atoms with Crippen LogP contribution < -0.4 is 10.5 Å².